The maximum atomic E-state index is 6.08. The Morgan fingerprint density at radius 2 is 2.12 bits per heavy atom. The van der Waals surface area contributed by atoms with Crippen LogP contribution in [0.5, 0.6) is 0 Å². The number of nitrogens with zero attached hydrogens (tertiary/aromatic N) is 1. The molecule has 0 unspecified atom stereocenters. The van der Waals surface area contributed by atoms with Crippen molar-refractivity contribution >= 4 is 23.1 Å². The smallest absolute Gasteiger partial charge is 0.101 e. The minimum Gasteiger partial charge on any atom is -0.344 e. The maximum absolute atomic E-state index is 6.08. The highest BCUT2D eigenvalue weighted by Gasteiger charge is 2.26. The van der Waals surface area contributed by atoms with Crippen molar-refractivity contribution in [3.8, 4) is 0 Å². The van der Waals surface area contributed by atoms with Crippen molar-refractivity contribution < 1.29 is 0 Å². The standard InChI is InChI=1S/C13H17ClN2/c1-9-10(14)5-4-6-11(9)16-12-7-13(2,3)8-15-12/h4-6H,7-8H2,1-3H3,(H,15,16). The molecule has 1 aliphatic rings. The Labute approximate surface area is 102 Å². The average molecular weight is 237 g/mol. The molecule has 1 aromatic rings. The molecule has 0 aromatic heterocycles. The van der Waals surface area contributed by atoms with Gasteiger partial charge in [0.05, 0.1) is 0 Å². The third-order valence-corrected chi connectivity index (χ3v) is 3.30. The summed E-state index contributed by atoms with van der Waals surface area (Å²) in [6.45, 7) is 7.38. The van der Waals surface area contributed by atoms with Crippen LogP contribution in [0.15, 0.2) is 23.2 Å². The number of hydrogen-bond acceptors (Lipinski definition) is 2. The Kier molecular flexibility index (Phi) is 2.94. The zero-order valence-corrected chi connectivity index (χ0v) is 10.7. The van der Waals surface area contributed by atoms with Crippen LogP contribution in [0.3, 0.4) is 0 Å². The summed E-state index contributed by atoms with van der Waals surface area (Å²) in [6, 6.07) is 5.90. The van der Waals surface area contributed by atoms with E-state index in [1.807, 2.05) is 25.1 Å². The van der Waals surface area contributed by atoms with Crippen LogP contribution in [-0.4, -0.2) is 12.4 Å². The number of hydrogen-bond donors (Lipinski definition) is 1. The number of anilines is 1. The first kappa shape index (κ1) is 11.5. The Balaban J connectivity index is 2.14. The monoisotopic (exact) mass is 236 g/mol. The van der Waals surface area contributed by atoms with Crippen LogP contribution in [0.2, 0.25) is 5.02 Å². The van der Waals surface area contributed by atoms with Crippen LogP contribution in [0.25, 0.3) is 0 Å². The quantitative estimate of drug-likeness (QED) is 0.786. The highest BCUT2D eigenvalue weighted by molar-refractivity contribution is 6.31. The molecule has 0 atom stereocenters. The second kappa shape index (κ2) is 4.10. The van der Waals surface area contributed by atoms with E-state index in [0.29, 0.717) is 0 Å². The van der Waals surface area contributed by atoms with E-state index in [1.54, 1.807) is 0 Å². The molecule has 86 valence electrons. The number of aliphatic imine (C=N–C) groups is 1. The van der Waals surface area contributed by atoms with Gasteiger partial charge in [-0.2, -0.15) is 0 Å². The maximum Gasteiger partial charge on any atom is 0.101 e. The minimum absolute atomic E-state index is 0.287. The van der Waals surface area contributed by atoms with Gasteiger partial charge in [0, 0.05) is 23.7 Å². The summed E-state index contributed by atoms with van der Waals surface area (Å²) in [5.74, 6) is 1.07. The molecule has 0 fully saturated rings. The number of rotatable bonds is 1. The van der Waals surface area contributed by atoms with E-state index >= 15 is 0 Å². The Hall–Kier alpha value is -1.02. The summed E-state index contributed by atoms with van der Waals surface area (Å²) >= 11 is 6.08. The second-order valence-corrected chi connectivity index (χ2v) is 5.55. The van der Waals surface area contributed by atoms with Crippen LogP contribution in [0.4, 0.5) is 5.69 Å². The summed E-state index contributed by atoms with van der Waals surface area (Å²) in [5, 5.41) is 4.17. The number of benzene rings is 1. The molecule has 1 N–H and O–H groups in total. The average Bonchev–Trinajstić information content (AvgIpc) is 2.53. The van der Waals surface area contributed by atoms with Crippen LogP contribution < -0.4 is 5.32 Å². The van der Waals surface area contributed by atoms with Crippen molar-refractivity contribution in [3.05, 3.63) is 28.8 Å². The van der Waals surface area contributed by atoms with Gasteiger partial charge in [-0.15, -0.1) is 0 Å². The molecule has 1 aliphatic heterocycles. The Morgan fingerprint density at radius 3 is 2.75 bits per heavy atom. The van der Waals surface area contributed by atoms with Gasteiger partial charge in [-0.3, -0.25) is 4.99 Å². The molecule has 2 rings (SSSR count). The van der Waals surface area contributed by atoms with Gasteiger partial charge in [-0.1, -0.05) is 31.5 Å². The predicted molar refractivity (Wildman–Crippen MR) is 70.5 cm³/mol. The predicted octanol–water partition coefficient (Wildman–Crippen LogP) is 3.89. The lowest BCUT2D eigenvalue weighted by atomic mass is 9.92. The van der Waals surface area contributed by atoms with Gasteiger partial charge in [0.2, 0.25) is 0 Å². The SMILES string of the molecule is Cc1c(Cl)cccc1NC1=NCC(C)(C)C1. The Morgan fingerprint density at radius 1 is 1.38 bits per heavy atom. The molecule has 2 nitrogen and oxygen atoms in total. The lowest BCUT2D eigenvalue weighted by Crippen LogP contribution is -2.16. The summed E-state index contributed by atoms with van der Waals surface area (Å²) in [6.07, 6.45) is 0.999. The normalized spacial score (nSPS) is 18.4. The molecule has 0 spiro atoms. The van der Waals surface area contributed by atoms with E-state index < -0.39 is 0 Å². The van der Waals surface area contributed by atoms with Crippen molar-refractivity contribution in [2.24, 2.45) is 10.4 Å². The minimum atomic E-state index is 0.287. The summed E-state index contributed by atoms with van der Waals surface area (Å²) in [7, 11) is 0. The first-order valence-electron chi connectivity index (χ1n) is 5.53. The lowest BCUT2D eigenvalue weighted by molar-refractivity contribution is 0.423. The number of halogens is 1. The molecule has 1 aromatic carbocycles. The van der Waals surface area contributed by atoms with Gasteiger partial charge in [-0.25, -0.2) is 0 Å². The third kappa shape index (κ3) is 2.38. The van der Waals surface area contributed by atoms with E-state index in [2.05, 4.69) is 24.2 Å². The molecule has 0 radical (unpaired) electrons. The largest absolute Gasteiger partial charge is 0.344 e. The van der Waals surface area contributed by atoms with Crippen LogP contribution >= 0.6 is 11.6 Å². The molecule has 0 saturated heterocycles. The molecular weight excluding hydrogens is 220 g/mol. The van der Waals surface area contributed by atoms with Gasteiger partial charge in [-0.05, 0) is 30.0 Å². The van der Waals surface area contributed by atoms with Crippen LogP contribution in [-0.2, 0) is 0 Å². The van der Waals surface area contributed by atoms with Crippen molar-refractivity contribution in [1.29, 1.82) is 0 Å². The van der Waals surface area contributed by atoms with Gasteiger partial charge in [0.15, 0.2) is 0 Å². The molecule has 0 amide bonds. The van der Waals surface area contributed by atoms with Crippen molar-refractivity contribution in [2.45, 2.75) is 27.2 Å². The molecule has 0 bridgehead atoms. The third-order valence-electron chi connectivity index (χ3n) is 2.89. The van der Waals surface area contributed by atoms with Crippen molar-refractivity contribution in [3.63, 3.8) is 0 Å². The molecule has 16 heavy (non-hydrogen) atoms. The van der Waals surface area contributed by atoms with Crippen LogP contribution in [0.1, 0.15) is 25.8 Å². The fraction of sp³-hybridized carbons (Fsp3) is 0.462. The molecule has 0 saturated carbocycles. The van der Waals surface area contributed by atoms with Gasteiger partial charge < -0.3 is 5.32 Å². The van der Waals surface area contributed by atoms with E-state index in [4.69, 9.17) is 11.6 Å². The summed E-state index contributed by atoms with van der Waals surface area (Å²) in [5.41, 5.74) is 2.43. The van der Waals surface area contributed by atoms with E-state index in [-0.39, 0.29) is 5.41 Å². The molecule has 3 heteroatoms. The van der Waals surface area contributed by atoms with Crippen molar-refractivity contribution in [2.75, 3.05) is 11.9 Å². The summed E-state index contributed by atoms with van der Waals surface area (Å²) < 4.78 is 0. The van der Waals surface area contributed by atoms with Crippen LogP contribution in [0, 0.1) is 12.3 Å². The van der Waals surface area contributed by atoms with E-state index in [0.717, 1.165) is 35.1 Å². The molecular formula is C13H17ClN2. The van der Waals surface area contributed by atoms with Gasteiger partial charge in [0.1, 0.15) is 5.84 Å². The van der Waals surface area contributed by atoms with Crippen molar-refractivity contribution in [1.82, 2.24) is 0 Å². The fourth-order valence-electron chi connectivity index (χ4n) is 1.86. The first-order valence-corrected chi connectivity index (χ1v) is 5.91. The highest BCUT2D eigenvalue weighted by atomic mass is 35.5. The topological polar surface area (TPSA) is 24.4 Å². The zero-order chi connectivity index (χ0) is 11.8. The molecule has 0 aliphatic carbocycles. The summed E-state index contributed by atoms with van der Waals surface area (Å²) in [4.78, 5) is 4.52. The highest BCUT2D eigenvalue weighted by Crippen LogP contribution is 2.29. The van der Waals surface area contributed by atoms with E-state index in [9.17, 15) is 0 Å². The first-order chi connectivity index (χ1) is 7.48. The molecule has 1 heterocycles. The Bertz CT molecular complexity index is 436. The number of nitrogens with one attached hydrogen (secondary N) is 1. The second-order valence-electron chi connectivity index (χ2n) is 5.14. The number of amidine groups is 1. The lowest BCUT2D eigenvalue weighted by Gasteiger charge is -2.15. The van der Waals surface area contributed by atoms with Gasteiger partial charge >= 0.3 is 0 Å². The zero-order valence-electron chi connectivity index (χ0n) is 9.97. The fourth-order valence-corrected chi connectivity index (χ4v) is 2.03. The van der Waals surface area contributed by atoms with E-state index in [1.165, 1.54) is 0 Å². The van der Waals surface area contributed by atoms with Gasteiger partial charge in [0.25, 0.3) is 0 Å².